The molecule has 0 amide bonds. The number of nitrogens with zero attached hydrogens (tertiary/aromatic N) is 3. The molecule has 0 spiro atoms. The average Bonchev–Trinajstić information content (AvgIpc) is 2.92. The molecule has 1 aliphatic carbocycles. The highest BCUT2D eigenvalue weighted by Gasteiger charge is 2.30. The van der Waals surface area contributed by atoms with Gasteiger partial charge >= 0.3 is 0 Å². The molecule has 3 aromatic carbocycles. The zero-order chi connectivity index (χ0) is 25.1. The van der Waals surface area contributed by atoms with Crippen molar-refractivity contribution in [3.05, 3.63) is 93.5 Å². The number of benzene rings is 3. The first-order valence-electron chi connectivity index (χ1n) is 12.3. The quantitative estimate of drug-likeness (QED) is 0.372. The highest BCUT2D eigenvalue weighted by Crippen LogP contribution is 2.31. The monoisotopic (exact) mass is 506 g/mol. The van der Waals surface area contributed by atoms with Crippen LogP contribution in [0.2, 0.25) is 0 Å². The molecule has 1 fully saturated rings. The molecule has 8 nitrogen and oxygen atoms in total. The molecule has 9 heteroatoms. The van der Waals surface area contributed by atoms with Crippen molar-refractivity contribution in [1.82, 2.24) is 4.31 Å². The van der Waals surface area contributed by atoms with Crippen LogP contribution in [-0.4, -0.2) is 43.8 Å². The summed E-state index contributed by atoms with van der Waals surface area (Å²) in [5.74, 6) is 0. The van der Waals surface area contributed by atoms with Crippen LogP contribution in [0, 0.1) is 10.1 Å². The van der Waals surface area contributed by atoms with Crippen LogP contribution in [0.4, 0.5) is 17.1 Å². The zero-order valence-electron chi connectivity index (χ0n) is 20.1. The lowest BCUT2D eigenvalue weighted by Crippen LogP contribution is -2.48. The molecule has 1 aliphatic heterocycles. The predicted molar refractivity (Wildman–Crippen MR) is 141 cm³/mol. The molecule has 5 rings (SSSR count). The minimum Gasteiger partial charge on any atom is -0.375 e. The maximum Gasteiger partial charge on any atom is 0.292 e. The largest absolute Gasteiger partial charge is 0.375 e. The van der Waals surface area contributed by atoms with Crippen LogP contribution in [0.25, 0.3) is 0 Å². The molecule has 0 unspecified atom stereocenters. The van der Waals surface area contributed by atoms with E-state index in [0.717, 1.165) is 42.5 Å². The second-order valence-corrected chi connectivity index (χ2v) is 11.3. The third-order valence-electron chi connectivity index (χ3n) is 7.06. The molecular formula is C27H30N4O4S. The number of hydrogen-bond donors (Lipinski definition) is 1. The van der Waals surface area contributed by atoms with Crippen LogP contribution in [0.3, 0.4) is 0 Å². The summed E-state index contributed by atoms with van der Waals surface area (Å²) in [6.07, 6.45) is 4.22. The van der Waals surface area contributed by atoms with E-state index < -0.39 is 10.0 Å². The Labute approximate surface area is 211 Å². The number of nitrogens with one attached hydrogen (secondary N) is 1. The Morgan fingerprint density at radius 1 is 0.861 bits per heavy atom. The number of hydrogen-bond acceptors (Lipinski definition) is 6. The fraction of sp³-hybridized carbons (Fsp3) is 0.333. The van der Waals surface area contributed by atoms with Gasteiger partial charge in [0.25, 0.3) is 5.69 Å². The summed E-state index contributed by atoms with van der Waals surface area (Å²) in [4.78, 5) is 13.6. The number of nitro groups is 1. The maximum atomic E-state index is 13.3. The highest BCUT2D eigenvalue weighted by molar-refractivity contribution is 7.89. The summed E-state index contributed by atoms with van der Waals surface area (Å²) in [5.41, 5.74) is 4.75. The number of nitro benzene ring substituents is 1. The van der Waals surface area contributed by atoms with Crippen LogP contribution < -0.4 is 10.2 Å². The van der Waals surface area contributed by atoms with Gasteiger partial charge in [-0.1, -0.05) is 36.4 Å². The molecule has 0 saturated carbocycles. The normalized spacial score (nSPS) is 16.4. The van der Waals surface area contributed by atoms with Gasteiger partial charge in [-0.15, -0.1) is 0 Å². The van der Waals surface area contributed by atoms with Gasteiger partial charge in [-0.3, -0.25) is 10.1 Å². The van der Waals surface area contributed by atoms with Crippen LogP contribution in [-0.2, 0) is 29.4 Å². The van der Waals surface area contributed by atoms with Crippen molar-refractivity contribution < 1.29 is 13.3 Å². The molecule has 1 saturated heterocycles. The number of aryl methyl sites for hydroxylation is 2. The van der Waals surface area contributed by atoms with Gasteiger partial charge < -0.3 is 10.2 Å². The van der Waals surface area contributed by atoms with Crippen LogP contribution in [0.1, 0.15) is 29.5 Å². The fourth-order valence-electron chi connectivity index (χ4n) is 5.02. The first-order valence-corrected chi connectivity index (χ1v) is 13.8. The second kappa shape index (κ2) is 10.3. The van der Waals surface area contributed by atoms with Gasteiger partial charge in [0.15, 0.2) is 0 Å². The minimum atomic E-state index is -3.56. The van der Waals surface area contributed by atoms with Crippen LogP contribution in [0.5, 0.6) is 0 Å². The predicted octanol–water partition coefficient (Wildman–Crippen LogP) is 4.60. The van der Waals surface area contributed by atoms with Gasteiger partial charge in [0.2, 0.25) is 10.0 Å². The number of rotatable bonds is 7. The van der Waals surface area contributed by atoms with E-state index in [1.807, 2.05) is 42.5 Å². The van der Waals surface area contributed by atoms with Crippen molar-refractivity contribution in [1.29, 1.82) is 0 Å². The SMILES string of the molecule is O=[N+]([O-])c1ccc(N2CCN(S(=O)(=O)c3ccc4c(c3)CCCC4)CC2)cc1NCc1ccccc1. The maximum absolute atomic E-state index is 13.3. The number of fused-ring (bicyclic) bond motifs is 1. The number of piperazine rings is 1. The lowest BCUT2D eigenvalue weighted by atomic mass is 9.92. The molecule has 0 atom stereocenters. The molecule has 3 aromatic rings. The molecule has 0 aromatic heterocycles. The van der Waals surface area contributed by atoms with E-state index in [2.05, 4.69) is 10.2 Å². The van der Waals surface area contributed by atoms with Crippen molar-refractivity contribution in [3.63, 3.8) is 0 Å². The van der Waals surface area contributed by atoms with Crippen LogP contribution in [0.15, 0.2) is 71.6 Å². The van der Waals surface area contributed by atoms with E-state index in [1.54, 1.807) is 22.5 Å². The molecule has 188 valence electrons. The van der Waals surface area contributed by atoms with Crippen molar-refractivity contribution in [2.75, 3.05) is 36.4 Å². The Bertz CT molecular complexity index is 1350. The first kappa shape index (κ1) is 24.3. The van der Waals surface area contributed by atoms with Gasteiger partial charge in [0.05, 0.1) is 9.82 Å². The summed E-state index contributed by atoms with van der Waals surface area (Å²) in [6.45, 7) is 2.23. The number of anilines is 2. The third kappa shape index (κ3) is 5.08. The highest BCUT2D eigenvalue weighted by atomic mass is 32.2. The van der Waals surface area contributed by atoms with Gasteiger partial charge in [0, 0.05) is 44.5 Å². The third-order valence-corrected chi connectivity index (χ3v) is 8.96. The smallest absolute Gasteiger partial charge is 0.292 e. The van der Waals surface area contributed by atoms with Crippen molar-refractivity contribution in [2.45, 2.75) is 37.1 Å². The molecular weight excluding hydrogens is 476 g/mol. The summed E-state index contributed by atoms with van der Waals surface area (Å²) in [7, 11) is -3.56. The Hall–Kier alpha value is -3.43. The Balaban J connectivity index is 1.29. The van der Waals surface area contributed by atoms with E-state index in [-0.39, 0.29) is 10.6 Å². The zero-order valence-corrected chi connectivity index (χ0v) is 20.9. The van der Waals surface area contributed by atoms with Gasteiger partial charge in [-0.05, 0) is 66.6 Å². The summed E-state index contributed by atoms with van der Waals surface area (Å²) in [6, 6.07) is 20.3. The van der Waals surface area contributed by atoms with Gasteiger partial charge in [-0.25, -0.2) is 8.42 Å². The molecule has 1 N–H and O–H groups in total. The molecule has 2 aliphatic rings. The van der Waals surface area contributed by atoms with Crippen molar-refractivity contribution in [3.8, 4) is 0 Å². The van der Waals surface area contributed by atoms with E-state index in [0.29, 0.717) is 43.3 Å². The Kier molecular flexibility index (Phi) is 6.93. The average molecular weight is 507 g/mol. The van der Waals surface area contributed by atoms with Crippen LogP contribution >= 0.6 is 0 Å². The molecule has 0 radical (unpaired) electrons. The lowest BCUT2D eigenvalue weighted by Gasteiger charge is -2.35. The minimum absolute atomic E-state index is 0.0169. The lowest BCUT2D eigenvalue weighted by molar-refractivity contribution is -0.384. The molecule has 0 bridgehead atoms. The fourth-order valence-corrected chi connectivity index (χ4v) is 6.49. The molecule has 36 heavy (non-hydrogen) atoms. The summed E-state index contributed by atoms with van der Waals surface area (Å²) < 4.78 is 28.2. The van der Waals surface area contributed by atoms with E-state index in [4.69, 9.17) is 0 Å². The van der Waals surface area contributed by atoms with E-state index in [1.165, 1.54) is 11.6 Å². The standard InChI is InChI=1S/C27H30N4O4S/c32-31(33)27-13-11-24(19-26(27)28-20-21-6-2-1-3-7-21)29-14-16-30(17-15-29)36(34,35)25-12-10-22-8-4-5-9-23(22)18-25/h1-3,6-7,10-13,18-19,28H,4-5,8-9,14-17,20H2. The Morgan fingerprint density at radius 2 is 1.58 bits per heavy atom. The van der Waals surface area contributed by atoms with Gasteiger partial charge in [0.1, 0.15) is 5.69 Å². The van der Waals surface area contributed by atoms with Crippen molar-refractivity contribution in [2.24, 2.45) is 0 Å². The van der Waals surface area contributed by atoms with E-state index in [9.17, 15) is 18.5 Å². The van der Waals surface area contributed by atoms with E-state index >= 15 is 0 Å². The summed E-state index contributed by atoms with van der Waals surface area (Å²) >= 11 is 0. The number of sulfonamides is 1. The topological polar surface area (TPSA) is 95.8 Å². The molecule has 1 heterocycles. The van der Waals surface area contributed by atoms with Crippen molar-refractivity contribution >= 4 is 27.1 Å². The van der Waals surface area contributed by atoms with Gasteiger partial charge in [-0.2, -0.15) is 4.31 Å². The second-order valence-electron chi connectivity index (χ2n) is 9.33. The Morgan fingerprint density at radius 3 is 2.31 bits per heavy atom. The summed E-state index contributed by atoms with van der Waals surface area (Å²) in [5, 5.41) is 14.8. The first-order chi connectivity index (χ1) is 17.4.